The monoisotopic (exact) mass is 752 g/mol. The first-order chi connectivity index (χ1) is 26.4. The number of esters is 2. The van der Waals surface area contributed by atoms with Crippen molar-refractivity contribution >= 4 is 57.2 Å². The zero-order valence-electron chi connectivity index (χ0n) is 32.7. The topological polar surface area (TPSA) is 166 Å². The number of aromatic amines is 2. The molecule has 55 heavy (non-hydrogen) atoms. The zero-order chi connectivity index (χ0) is 39.8. The van der Waals surface area contributed by atoms with E-state index in [1.807, 2.05) is 32.1 Å². The van der Waals surface area contributed by atoms with Gasteiger partial charge in [-0.3, -0.25) is 14.6 Å². The lowest BCUT2D eigenvalue weighted by molar-refractivity contribution is -0.145. The van der Waals surface area contributed by atoms with Gasteiger partial charge >= 0.3 is 17.9 Å². The van der Waals surface area contributed by atoms with Gasteiger partial charge in [0.25, 0.3) is 0 Å². The van der Waals surface area contributed by atoms with E-state index in [2.05, 4.69) is 43.0 Å². The van der Waals surface area contributed by atoms with Crippen LogP contribution < -0.4 is 0 Å². The predicted molar refractivity (Wildman–Crippen MR) is 214 cm³/mol. The van der Waals surface area contributed by atoms with Gasteiger partial charge in [-0.1, -0.05) is 32.6 Å². The van der Waals surface area contributed by atoms with Crippen molar-refractivity contribution in [2.24, 2.45) is 0 Å². The molecule has 5 rings (SSSR count). The SMILES string of the molecule is C=CCOCCOCCOC(=O)Cc1c2nc(cc3[nH]c(cc4[nH]c(cc5nc1C(CCC(=O)OCC)C5C)c(C)c4C=C)c(C)c3CC)C(C)=C2C(=O)O. The second-order valence-electron chi connectivity index (χ2n) is 13.7. The maximum absolute atomic E-state index is 13.7. The summed E-state index contributed by atoms with van der Waals surface area (Å²) in [6.07, 6.45) is 4.36. The molecule has 0 saturated carbocycles. The first-order valence-electron chi connectivity index (χ1n) is 18.8. The maximum Gasteiger partial charge on any atom is 0.338 e. The summed E-state index contributed by atoms with van der Waals surface area (Å²) in [5.41, 5.74) is 10.0. The molecule has 292 valence electrons. The molecule has 0 amide bonds. The van der Waals surface area contributed by atoms with E-state index in [1.54, 1.807) is 19.9 Å². The summed E-state index contributed by atoms with van der Waals surface area (Å²) in [5, 5.41) is 10.7. The molecule has 0 spiro atoms. The van der Waals surface area contributed by atoms with Crippen LogP contribution in [0.1, 0.15) is 103 Å². The number of nitrogens with zero attached hydrogens (tertiary/aromatic N) is 2. The van der Waals surface area contributed by atoms with Gasteiger partial charge in [0.2, 0.25) is 0 Å². The number of carboxylic acid groups (broad SMARTS) is 1. The Morgan fingerprint density at radius 3 is 2.25 bits per heavy atom. The number of aromatic nitrogens is 4. The highest BCUT2D eigenvalue weighted by Crippen LogP contribution is 2.44. The molecular formula is C43H52N4O8. The first-order valence-corrected chi connectivity index (χ1v) is 18.8. The highest BCUT2D eigenvalue weighted by atomic mass is 16.6. The fourth-order valence-electron chi connectivity index (χ4n) is 7.40. The molecule has 3 aromatic rings. The Bertz CT molecular complexity index is 2180. The number of H-pyrrole nitrogens is 2. The molecule has 2 aliphatic rings. The molecule has 3 aromatic heterocycles. The van der Waals surface area contributed by atoms with Crippen LogP contribution in [0.2, 0.25) is 0 Å². The molecule has 0 aliphatic carbocycles. The van der Waals surface area contributed by atoms with Gasteiger partial charge in [0.15, 0.2) is 0 Å². The first kappa shape index (κ1) is 40.8. The molecule has 12 nitrogen and oxygen atoms in total. The summed E-state index contributed by atoms with van der Waals surface area (Å²) in [7, 11) is 0. The number of rotatable bonds is 17. The molecule has 12 heteroatoms. The maximum atomic E-state index is 13.7. The zero-order valence-corrected chi connectivity index (χ0v) is 32.7. The number of hydrogen-bond donors (Lipinski definition) is 3. The molecule has 0 radical (unpaired) electrons. The molecule has 0 saturated heterocycles. The number of aliphatic carboxylic acids is 1. The number of fused-ring (bicyclic) bond motifs is 8. The van der Waals surface area contributed by atoms with Crippen LogP contribution in [0, 0.1) is 13.8 Å². The highest BCUT2D eigenvalue weighted by molar-refractivity contribution is 6.24. The van der Waals surface area contributed by atoms with Crippen molar-refractivity contribution in [3.8, 4) is 0 Å². The van der Waals surface area contributed by atoms with E-state index in [0.717, 1.165) is 50.7 Å². The molecule has 2 unspecified atom stereocenters. The van der Waals surface area contributed by atoms with Crippen molar-refractivity contribution in [3.05, 3.63) is 88.0 Å². The molecule has 8 bridgehead atoms. The standard InChI is InChI=1S/C43H52N4O8/c1-9-15-52-16-17-53-18-19-55-39(49)20-31-41-30(13-14-38(48)54-12-4)26(7)34(46-41)21-32-24(5)28(10-2)36(44-32)22-33-25(6)29(11-3)37(45-33)23-35-27(8)40(43(50)51)42(31)47-35/h9-10,21-23,26,30,44-45H,1-2,11-20H2,3-8H3,(H,50,51). The van der Waals surface area contributed by atoms with Crippen LogP contribution in [-0.2, 0) is 46.2 Å². The van der Waals surface area contributed by atoms with Crippen molar-refractivity contribution in [2.75, 3.05) is 39.6 Å². The summed E-state index contributed by atoms with van der Waals surface area (Å²) in [6, 6.07) is 5.92. The molecular weight excluding hydrogens is 700 g/mol. The number of aryl methyl sites for hydroxylation is 3. The van der Waals surface area contributed by atoms with Crippen LogP contribution in [0.3, 0.4) is 0 Å². The summed E-state index contributed by atoms with van der Waals surface area (Å²) in [6.45, 7) is 20.9. The summed E-state index contributed by atoms with van der Waals surface area (Å²) in [4.78, 5) is 56.7. The van der Waals surface area contributed by atoms with E-state index in [9.17, 15) is 19.5 Å². The number of carbonyl (C=O) groups excluding carboxylic acids is 2. The van der Waals surface area contributed by atoms with Crippen molar-refractivity contribution in [1.82, 2.24) is 19.9 Å². The number of hydrogen-bond acceptors (Lipinski definition) is 9. The second kappa shape index (κ2) is 18.3. The fourth-order valence-corrected chi connectivity index (χ4v) is 7.40. The third-order valence-electron chi connectivity index (χ3n) is 10.3. The van der Waals surface area contributed by atoms with E-state index < -0.39 is 11.9 Å². The Morgan fingerprint density at radius 2 is 1.56 bits per heavy atom. The van der Waals surface area contributed by atoms with E-state index in [1.165, 1.54) is 0 Å². The van der Waals surface area contributed by atoms with Crippen LogP contribution in [-0.4, -0.2) is 82.6 Å². The molecule has 0 aromatic carbocycles. The lowest BCUT2D eigenvalue weighted by atomic mass is 9.84. The largest absolute Gasteiger partial charge is 0.478 e. The minimum Gasteiger partial charge on any atom is -0.478 e. The third-order valence-corrected chi connectivity index (χ3v) is 10.3. The normalized spacial score (nSPS) is 15.2. The van der Waals surface area contributed by atoms with E-state index in [0.29, 0.717) is 54.5 Å². The minimum absolute atomic E-state index is 0.0163. The van der Waals surface area contributed by atoms with E-state index in [-0.39, 0.29) is 61.7 Å². The van der Waals surface area contributed by atoms with Crippen molar-refractivity contribution in [2.45, 2.75) is 79.1 Å². The van der Waals surface area contributed by atoms with Gasteiger partial charge in [-0.15, -0.1) is 6.58 Å². The Morgan fingerprint density at radius 1 is 0.855 bits per heavy atom. The number of nitrogens with one attached hydrogen (secondary N) is 2. The Labute approximate surface area is 321 Å². The lowest BCUT2D eigenvalue weighted by Gasteiger charge is -2.18. The second-order valence-corrected chi connectivity index (χ2v) is 13.7. The average molecular weight is 753 g/mol. The summed E-state index contributed by atoms with van der Waals surface area (Å²) >= 11 is 0. The smallest absolute Gasteiger partial charge is 0.338 e. The van der Waals surface area contributed by atoms with Crippen molar-refractivity contribution in [1.29, 1.82) is 0 Å². The van der Waals surface area contributed by atoms with Gasteiger partial charge in [0.05, 0.1) is 62.1 Å². The average Bonchev–Trinajstić information content (AvgIpc) is 3.83. The van der Waals surface area contributed by atoms with Gasteiger partial charge < -0.3 is 34.0 Å². The third kappa shape index (κ3) is 8.98. The number of ether oxygens (including phenoxy) is 4. The Kier molecular flexibility index (Phi) is 13.6. The van der Waals surface area contributed by atoms with Crippen molar-refractivity contribution < 1.29 is 38.4 Å². The van der Waals surface area contributed by atoms with E-state index in [4.69, 9.17) is 28.9 Å². The van der Waals surface area contributed by atoms with Gasteiger partial charge in [-0.05, 0) is 81.0 Å². The number of carbonyl (C=O) groups is 3. The van der Waals surface area contributed by atoms with Crippen LogP contribution in [0.15, 0.2) is 37.4 Å². The van der Waals surface area contributed by atoms with Gasteiger partial charge in [-0.2, -0.15) is 0 Å². The van der Waals surface area contributed by atoms with Gasteiger partial charge in [-0.25, -0.2) is 9.78 Å². The summed E-state index contributed by atoms with van der Waals surface area (Å²) in [5.74, 6) is -2.72. The molecule has 0 fully saturated rings. The van der Waals surface area contributed by atoms with Crippen LogP contribution >= 0.6 is 0 Å². The van der Waals surface area contributed by atoms with Crippen LogP contribution in [0.5, 0.6) is 0 Å². The van der Waals surface area contributed by atoms with Crippen LogP contribution in [0.25, 0.3) is 39.3 Å². The van der Waals surface area contributed by atoms with Crippen molar-refractivity contribution in [3.63, 3.8) is 0 Å². The molecule has 3 N–H and O–H groups in total. The van der Waals surface area contributed by atoms with E-state index >= 15 is 0 Å². The Balaban J connectivity index is 1.78. The molecule has 2 atom stereocenters. The molecule has 5 heterocycles. The summed E-state index contributed by atoms with van der Waals surface area (Å²) < 4.78 is 21.8. The predicted octanol–water partition coefficient (Wildman–Crippen LogP) is 7.69. The number of allylic oxidation sites excluding steroid dienone is 1. The fraction of sp³-hybridized carbons (Fsp3) is 0.419. The quantitative estimate of drug-likeness (QED) is 0.0707. The van der Waals surface area contributed by atoms with Crippen LogP contribution in [0.4, 0.5) is 0 Å². The highest BCUT2D eigenvalue weighted by Gasteiger charge is 2.36. The Hall–Kier alpha value is -5.33. The number of carboxylic acids is 1. The molecule has 2 aliphatic heterocycles. The minimum atomic E-state index is -1.18. The lowest BCUT2D eigenvalue weighted by Crippen LogP contribution is -2.17. The van der Waals surface area contributed by atoms with Gasteiger partial charge in [0.1, 0.15) is 6.61 Å². The van der Waals surface area contributed by atoms with Gasteiger partial charge in [0, 0.05) is 57.1 Å².